The van der Waals surface area contributed by atoms with Gasteiger partial charge >= 0.3 is 0 Å². The minimum absolute atomic E-state index is 0.159. The fourth-order valence-electron chi connectivity index (χ4n) is 1.43. The van der Waals surface area contributed by atoms with Crippen molar-refractivity contribution < 1.29 is 8.42 Å². The maximum atomic E-state index is 11.3. The summed E-state index contributed by atoms with van der Waals surface area (Å²) in [5.41, 5.74) is 4.39. The van der Waals surface area contributed by atoms with E-state index in [4.69, 9.17) is 5.84 Å². The standard InChI is InChI=1S/C11H16N2O2S/c1-8(2)11(13-12)9-4-6-10(7-5-9)16(3,14)15/h4-7,11,13H,1,12H2,2-3H3. The Morgan fingerprint density at radius 3 is 2.19 bits per heavy atom. The lowest BCUT2D eigenvalue weighted by Gasteiger charge is -2.16. The van der Waals surface area contributed by atoms with E-state index in [1.165, 1.54) is 6.26 Å². The van der Waals surface area contributed by atoms with E-state index < -0.39 is 9.84 Å². The molecule has 1 aromatic rings. The van der Waals surface area contributed by atoms with Crippen molar-refractivity contribution in [3.8, 4) is 0 Å². The van der Waals surface area contributed by atoms with E-state index in [0.29, 0.717) is 4.90 Å². The summed E-state index contributed by atoms with van der Waals surface area (Å²) in [5, 5.41) is 0. The molecule has 5 heteroatoms. The van der Waals surface area contributed by atoms with Crippen LogP contribution in [0.5, 0.6) is 0 Å². The number of hydrazine groups is 1. The third-order valence-corrected chi connectivity index (χ3v) is 3.43. The summed E-state index contributed by atoms with van der Waals surface area (Å²) in [5.74, 6) is 5.40. The van der Waals surface area contributed by atoms with E-state index in [9.17, 15) is 8.42 Å². The van der Waals surface area contributed by atoms with Crippen molar-refractivity contribution in [2.75, 3.05) is 6.26 Å². The zero-order chi connectivity index (χ0) is 12.3. The second-order valence-corrected chi connectivity index (χ2v) is 5.80. The van der Waals surface area contributed by atoms with Crippen LogP contribution in [-0.4, -0.2) is 14.7 Å². The van der Waals surface area contributed by atoms with Gasteiger partial charge in [-0.2, -0.15) is 0 Å². The quantitative estimate of drug-likeness (QED) is 0.471. The fraction of sp³-hybridized carbons (Fsp3) is 0.273. The first-order valence-electron chi connectivity index (χ1n) is 4.78. The summed E-state index contributed by atoms with van der Waals surface area (Å²) >= 11 is 0. The Hall–Kier alpha value is -1.17. The van der Waals surface area contributed by atoms with Crippen LogP contribution in [0.2, 0.25) is 0 Å². The Morgan fingerprint density at radius 2 is 1.88 bits per heavy atom. The predicted octanol–water partition coefficient (Wildman–Crippen LogP) is 1.17. The van der Waals surface area contributed by atoms with Gasteiger partial charge in [0.05, 0.1) is 10.9 Å². The number of hydrogen-bond donors (Lipinski definition) is 2. The molecule has 0 aliphatic rings. The van der Waals surface area contributed by atoms with Gasteiger partial charge < -0.3 is 0 Å². The second-order valence-electron chi connectivity index (χ2n) is 3.79. The van der Waals surface area contributed by atoms with E-state index in [2.05, 4.69) is 12.0 Å². The van der Waals surface area contributed by atoms with Crippen molar-refractivity contribution >= 4 is 9.84 Å². The van der Waals surface area contributed by atoms with Gasteiger partial charge in [0.25, 0.3) is 0 Å². The van der Waals surface area contributed by atoms with Gasteiger partial charge in [-0.15, -0.1) is 0 Å². The molecule has 0 bridgehead atoms. The lowest BCUT2D eigenvalue weighted by molar-refractivity contribution is 0.601. The van der Waals surface area contributed by atoms with Crippen LogP contribution in [0.3, 0.4) is 0 Å². The number of benzene rings is 1. The zero-order valence-electron chi connectivity index (χ0n) is 9.40. The molecule has 0 saturated carbocycles. The van der Waals surface area contributed by atoms with Crippen molar-refractivity contribution in [2.45, 2.75) is 17.9 Å². The minimum Gasteiger partial charge on any atom is -0.271 e. The van der Waals surface area contributed by atoms with Gasteiger partial charge in [-0.25, -0.2) is 13.8 Å². The minimum atomic E-state index is -3.15. The van der Waals surface area contributed by atoms with Gasteiger partial charge in [0.1, 0.15) is 0 Å². The third-order valence-electron chi connectivity index (χ3n) is 2.30. The first-order valence-corrected chi connectivity index (χ1v) is 6.67. The molecular formula is C11H16N2O2S. The van der Waals surface area contributed by atoms with E-state index in [0.717, 1.165) is 11.1 Å². The molecule has 0 aliphatic carbocycles. The molecule has 0 spiro atoms. The molecule has 88 valence electrons. The lowest BCUT2D eigenvalue weighted by atomic mass is 10.0. The van der Waals surface area contributed by atoms with Crippen LogP contribution in [0.15, 0.2) is 41.3 Å². The largest absolute Gasteiger partial charge is 0.271 e. The molecule has 0 aromatic heterocycles. The van der Waals surface area contributed by atoms with Crippen molar-refractivity contribution in [3.63, 3.8) is 0 Å². The van der Waals surface area contributed by atoms with Crippen LogP contribution >= 0.6 is 0 Å². The predicted molar refractivity (Wildman–Crippen MR) is 64.4 cm³/mol. The topological polar surface area (TPSA) is 72.2 Å². The fourth-order valence-corrected chi connectivity index (χ4v) is 2.06. The van der Waals surface area contributed by atoms with E-state index in [-0.39, 0.29) is 6.04 Å². The van der Waals surface area contributed by atoms with Gasteiger partial charge in [-0.05, 0) is 24.6 Å². The van der Waals surface area contributed by atoms with Crippen LogP contribution in [0, 0.1) is 0 Å². The molecule has 0 radical (unpaired) electrons. The average molecular weight is 240 g/mol. The summed E-state index contributed by atoms with van der Waals surface area (Å²) in [6.45, 7) is 5.67. The van der Waals surface area contributed by atoms with Crippen molar-refractivity contribution in [1.82, 2.24) is 5.43 Å². The number of rotatable bonds is 4. The number of nitrogens with one attached hydrogen (secondary N) is 1. The highest BCUT2D eigenvalue weighted by molar-refractivity contribution is 7.90. The molecule has 1 unspecified atom stereocenters. The molecule has 0 amide bonds. The summed E-state index contributed by atoms with van der Waals surface area (Å²) < 4.78 is 22.5. The Labute approximate surface area is 96.1 Å². The second kappa shape index (κ2) is 4.78. The zero-order valence-corrected chi connectivity index (χ0v) is 10.2. The van der Waals surface area contributed by atoms with Crippen molar-refractivity contribution in [1.29, 1.82) is 0 Å². The van der Waals surface area contributed by atoms with Crippen LogP contribution in [0.1, 0.15) is 18.5 Å². The van der Waals surface area contributed by atoms with Gasteiger partial charge in [-0.1, -0.05) is 24.3 Å². The molecule has 1 rings (SSSR count). The summed E-state index contributed by atoms with van der Waals surface area (Å²) in [7, 11) is -3.15. The van der Waals surface area contributed by atoms with E-state index >= 15 is 0 Å². The van der Waals surface area contributed by atoms with Gasteiger partial charge in [0, 0.05) is 6.26 Å². The van der Waals surface area contributed by atoms with Crippen molar-refractivity contribution in [3.05, 3.63) is 42.0 Å². The molecule has 0 saturated heterocycles. The Balaban J connectivity index is 3.08. The molecule has 3 N–H and O–H groups in total. The van der Waals surface area contributed by atoms with Crippen molar-refractivity contribution in [2.24, 2.45) is 5.84 Å². The SMILES string of the molecule is C=C(C)C(NN)c1ccc(S(C)(=O)=O)cc1. The highest BCUT2D eigenvalue weighted by Gasteiger charge is 2.12. The van der Waals surface area contributed by atoms with Crippen LogP contribution in [0.25, 0.3) is 0 Å². The average Bonchev–Trinajstić information content (AvgIpc) is 2.17. The normalized spacial score (nSPS) is 13.4. The molecule has 0 aliphatic heterocycles. The van der Waals surface area contributed by atoms with Crippen LogP contribution in [-0.2, 0) is 9.84 Å². The number of sulfone groups is 1. The van der Waals surface area contributed by atoms with Gasteiger partial charge in [0.2, 0.25) is 0 Å². The van der Waals surface area contributed by atoms with Gasteiger partial charge in [-0.3, -0.25) is 5.84 Å². The Morgan fingerprint density at radius 1 is 1.38 bits per heavy atom. The molecule has 0 heterocycles. The maximum absolute atomic E-state index is 11.3. The van der Waals surface area contributed by atoms with Crippen LogP contribution < -0.4 is 11.3 Å². The summed E-state index contributed by atoms with van der Waals surface area (Å²) in [6, 6.07) is 6.44. The Kier molecular flexibility index (Phi) is 3.85. The Bertz CT molecular complexity index is 477. The molecule has 1 aromatic carbocycles. The molecule has 1 atom stereocenters. The highest BCUT2D eigenvalue weighted by Crippen LogP contribution is 2.20. The molecular weight excluding hydrogens is 224 g/mol. The highest BCUT2D eigenvalue weighted by atomic mass is 32.2. The first-order chi connectivity index (χ1) is 7.36. The van der Waals surface area contributed by atoms with Crippen LogP contribution in [0.4, 0.5) is 0 Å². The van der Waals surface area contributed by atoms with Gasteiger partial charge in [0.15, 0.2) is 9.84 Å². The maximum Gasteiger partial charge on any atom is 0.175 e. The van der Waals surface area contributed by atoms with E-state index in [1.807, 2.05) is 6.92 Å². The van der Waals surface area contributed by atoms with E-state index in [1.54, 1.807) is 24.3 Å². The first kappa shape index (κ1) is 12.9. The molecule has 16 heavy (non-hydrogen) atoms. The summed E-state index contributed by atoms with van der Waals surface area (Å²) in [4.78, 5) is 0.300. The summed E-state index contributed by atoms with van der Waals surface area (Å²) in [6.07, 6.45) is 1.18. The molecule has 0 fully saturated rings. The molecule has 4 nitrogen and oxygen atoms in total. The number of hydrogen-bond acceptors (Lipinski definition) is 4. The third kappa shape index (κ3) is 2.91. The smallest absolute Gasteiger partial charge is 0.175 e. The monoisotopic (exact) mass is 240 g/mol. The number of nitrogens with two attached hydrogens (primary N) is 1. The lowest BCUT2D eigenvalue weighted by Crippen LogP contribution is -2.28.